The summed E-state index contributed by atoms with van der Waals surface area (Å²) in [5.41, 5.74) is 12.4. The van der Waals surface area contributed by atoms with Gasteiger partial charge in [0.2, 0.25) is 70.9 Å². The average Bonchev–Trinajstić information content (AvgIpc) is 1.17. The number of aliphatic hydroxyl groups is 2. The molecule has 2 aliphatic rings. The average molecular weight is 1520 g/mol. The maximum atomic E-state index is 14.8. The molecule has 14 atom stereocenters. The van der Waals surface area contributed by atoms with Crippen molar-refractivity contribution in [3.63, 3.8) is 0 Å². The van der Waals surface area contributed by atoms with Gasteiger partial charge in [-0.05, 0) is 169 Å². The number of phenols is 3. The molecule has 594 valence electrons. The Morgan fingerprint density at radius 2 is 1.06 bits per heavy atom. The molecule has 3 aromatic carbocycles. The van der Waals surface area contributed by atoms with Crippen LogP contribution in [0.4, 0.5) is 0 Å². The summed E-state index contributed by atoms with van der Waals surface area (Å²) in [5, 5.41) is 92.5. The number of carbonyl (C=O) groups is 14. The number of aliphatic carboxylic acids is 1. The Balaban J connectivity index is 1.60. The molecule has 5 rings (SSSR count). The zero-order valence-corrected chi connectivity index (χ0v) is 61.2. The van der Waals surface area contributed by atoms with Gasteiger partial charge in [0.05, 0.1) is 18.8 Å². The maximum absolute atomic E-state index is 14.8. The van der Waals surface area contributed by atoms with Gasteiger partial charge in [-0.2, -0.15) is 0 Å². The molecule has 2 fully saturated rings. The van der Waals surface area contributed by atoms with Gasteiger partial charge < -0.3 is 111 Å². The highest BCUT2D eigenvalue weighted by molar-refractivity contribution is 6.00. The quantitative estimate of drug-likeness (QED) is 0.0253. The molecule has 14 unspecified atom stereocenters. The number of amides is 12. The molecule has 0 aliphatic carbocycles. The van der Waals surface area contributed by atoms with Crippen LogP contribution in [0, 0.1) is 5.92 Å². The highest BCUT2D eigenvalue weighted by Crippen LogP contribution is 2.19. The Bertz CT molecular complexity index is 3530. The fourth-order valence-electron chi connectivity index (χ4n) is 11.9. The number of carboxylic acid groups (broad SMARTS) is 1. The number of hydrogen-bond acceptors (Lipinski definition) is 22. The highest BCUT2D eigenvalue weighted by Gasteiger charge is 2.39. The Morgan fingerprint density at radius 3 is 1.57 bits per heavy atom. The second kappa shape index (κ2) is 45.2. The van der Waals surface area contributed by atoms with Crippen LogP contribution in [0.1, 0.15) is 147 Å². The highest BCUT2D eigenvalue weighted by atomic mass is 16.5. The monoisotopic (exact) mass is 1510 g/mol. The second-order valence-electron chi connectivity index (χ2n) is 27.2. The minimum Gasteiger partial charge on any atom is -0.508 e. The number of hydrogen-bond donors (Lipinski definition) is 20. The maximum Gasteiger partial charge on any atom is 0.328 e. The van der Waals surface area contributed by atoms with Gasteiger partial charge in [0, 0.05) is 38.7 Å². The van der Waals surface area contributed by atoms with Gasteiger partial charge in [-0.15, -0.1) is 0 Å². The van der Waals surface area contributed by atoms with E-state index in [1.54, 1.807) is 13.8 Å². The van der Waals surface area contributed by atoms with Crippen molar-refractivity contribution in [2.75, 3.05) is 26.3 Å². The van der Waals surface area contributed by atoms with Crippen molar-refractivity contribution in [3.8, 4) is 17.2 Å². The van der Waals surface area contributed by atoms with Crippen LogP contribution in [-0.2, 0) is 91.1 Å². The number of esters is 1. The van der Waals surface area contributed by atoms with Crippen LogP contribution in [0.15, 0.2) is 72.8 Å². The first kappa shape index (κ1) is 88.1. The third-order valence-electron chi connectivity index (χ3n) is 18.5. The number of primary amides is 1. The van der Waals surface area contributed by atoms with E-state index in [4.69, 9.17) is 16.2 Å². The summed E-state index contributed by atoms with van der Waals surface area (Å²) in [4.78, 5) is 198. The molecular weight excluding hydrogens is 1410 g/mol. The van der Waals surface area contributed by atoms with Crippen molar-refractivity contribution in [2.45, 2.75) is 228 Å². The molecule has 2 saturated heterocycles. The van der Waals surface area contributed by atoms with E-state index < -0.39 is 180 Å². The first-order valence-corrected chi connectivity index (χ1v) is 36.5. The predicted molar refractivity (Wildman–Crippen MR) is 388 cm³/mol. The zero-order valence-electron chi connectivity index (χ0n) is 61.2. The van der Waals surface area contributed by atoms with E-state index in [9.17, 15) is 97.8 Å². The van der Waals surface area contributed by atoms with Gasteiger partial charge in [0.25, 0.3) is 0 Å². The fraction of sp³-hybridized carbons (Fsp3) is 0.562. The number of phenolic OH excluding ortho intramolecular Hbond substituents is 3. The number of benzene rings is 3. The Labute approximate surface area is 625 Å². The normalized spacial score (nSPS) is 23.4. The number of rotatable bonds is 29. The predicted octanol–water partition coefficient (Wildman–Crippen LogP) is -2.49. The molecule has 35 heteroatoms. The van der Waals surface area contributed by atoms with Crippen molar-refractivity contribution < 1.29 is 102 Å². The van der Waals surface area contributed by atoms with E-state index in [0.717, 1.165) is 6.92 Å². The summed E-state index contributed by atoms with van der Waals surface area (Å²) >= 11 is 0. The van der Waals surface area contributed by atoms with Crippen LogP contribution in [0.25, 0.3) is 0 Å². The number of aliphatic hydroxyl groups excluding tert-OH is 2. The van der Waals surface area contributed by atoms with Gasteiger partial charge in [0.1, 0.15) is 83.7 Å². The molecule has 108 heavy (non-hydrogen) atoms. The summed E-state index contributed by atoms with van der Waals surface area (Å²) < 4.78 is 5.76. The van der Waals surface area contributed by atoms with Crippen LogP contribution >= 0.6 is 0 Å². The smallest absolute Gasteiger partial charge is 0.328 e. The van der Waals surface area contributed by atoms with Crippen molar-refractivity contribution >= 4 is 82.8 Å². The molecule has 0 spiro atoms. The third-order valence-corrected chi connectivity index (χ3v) is 18.5. The van der Waals surface area contributed by atoms with E-state index in [1.165, 1.54) is 79.7 Å². The van der Waals surface area contributed by atoms with Gasteiger partial charge in [-0.1, -0.05) is 56.7 Å². The minimum absolute atomic E-state index is 0.0429. The third kappa shape index (κ3) is 30.0. The van der Waals surface area contributed by atoms with Crippen molar-refractivity contribution in [1.29, 1.82) is 0 Å². The zero-order chi connectivity index (χ0) is 79.6. The van der Waals surface area contributed by atoms with Crippen molar-refractivity contribution in [3.05, 3.63) is 89.5 Å². The lowest BCUT2D eigenvalue weighted by Crippen LogP contribution is -2.62. The lowest BCUT2D eigenvalue weighted by Gasteiger charge is -2.29. The number of carbonyl (C=O) groups excluding carboxylic acids is 13. The number of nitrogens with two attached hydrogens (primary N) is 2. The number of nitrogens with one attached hydrogen (secondary N) is 12. The topological polar surface area (TPSA) is 566 Å². The molecule has 0 radical (unpaired) electrons. The summed E-state index contributed by atoms with van der Waals surface area (Å²) in [7, 11) is 0. The van der Waals surface area contributed by atoms with Crippen LogP contribution in [0.2, 0.25) is 0 Å². The summed E-state index contributed by atoms with van der Waals surface area (Å²) in [6, 6.07) is -1.75. The first-order chi connectivity index (χ1) is 51.4. The minimum atomic E-state index is -1.98. The molecule has 2 aliphatic heterocycles. The SMILES string of the molecule is CCC(C)C1NC(=O)C(Cc2ccc(O)cc2)NC(=O)C(CCCCO)NC(=O)C(CCCCN)NC(=O)C(Cc2ccc(O)cc2)NC(=O)C(C(C)O)NC(=O)C(CCC(=O)O)NC(=O)C(C)NC(=O)C(NC(=O)C(Cc2ccc(O)cc2)NC(=O)C(CCC(N)=O)NC(=O)C2CCCN2)CCCCOC1=O. The molecule has 2 heterocycles. The number of unbranched alkanes of at least 4 members (excludes halogenated alkanes) is 2. The second-order valence-corrected chi connectivity index (χ2v) is 27.2. The number of ether oxygens (including phenoxy) is 1. The van der Waals surface area contributed by atoms with Gasteiger partial charge in [-0.25, -0.2) is 4.79 Å². The largest absolute Gasteiger partial charge is 0.508 e. The Hall–Kier alpha value is -10.5. The lowest BCUT2D eigenvalue weighted by atomic mass is 9.97. The number of carboxylic acids is 1. The molecule has 22 N–H and O–H groups in total. The Morgan fingerprint density at radius 1 is 0.556 bits per heavy atom. The van der Waals surface area contributed by atoms with Crippen molar-refractivity contribution in [1.82, 2.24) is 63.8 Å². The number of aromatic hydroxyl groups is 3. The van der Waals surface area contributed by atoms with Gasteiger partial charge >= 0.3 is 11.9 Å². The fourth-order valence-corrected chi connectivity index (χ4v) is 11.9. The van der Waals surface area contributed by atoms with E-state index in [1.807, 2.05) is 0 Å². The number of cyclic esters (lactones) is 1. The molecule has 0 saturated carbocycles. The van der Waals surface area contributed by atoms with E-state index in [0.29, 0.717) is 48.9 Å². The molecule has 35 nitrogen and oxygen atoms in total. The van der Waals surface area contributed by atoms with Gasteiger partial charge in [0.15, 0.2) is 0 Å². The Kier molecular flexibility index (Phi) is 36.9. The van der Waals surface area contributed by atoms with E-state index >= 15 is 0 Å². The summed E-state index contributed by atoms with van der Waals surface area (Å²) in [5.74, 6) is -15.2. The van der Waals surface area contributed by atoms with E-state index in [-0.39, 0.29) is 120 Å². The summed E-state index contributed by atoms with van der Waals surface area (Å²) in [6.07, 6.45) is -3.23. The molecule has 12 amide bonds. The summed E-state index contributed by atoms with van der Waals surface area (Å²) in [6.45, 7) is 5.64. The van der Waals surface area contributed by atoms with Crippen LogP contribution in [0.3, 0.4) is 0 Å². The molecule has 0 bridgehead atoms. The first-order valence-electron chi connectivity index (χ1n) is 36.5. The van der Waals surface area contributed by atoms with Crippen LogP contribution < -0.4 is 75.3 Å². The van der Waals surface area contributed by atoms with Crippen LogP contribution in [-0.4, -0.2) is 218 Å². The van der Waals surface area contributed by atoms with Crippen molar-refractivity contribution in [2.24, 2.45) is 17.4 Å². The van der Waals surface area contributed by atoms with Crippen LogP contribution in [0.5, 0.6) is 17.2 Å². The van der Waals surface area contributed by atoms with E-state index in [2.05, 4.69) is 63.8 Å². The standard InChI is InChI=1S/C73H106N14O21/c1-5-40(2)60-73(107)108-36-11-8-15-50(80-69(103)55(37-43-17-23-46(90)24-18-43)83-67(101)53(29-31-58(75)93)82-63(97)49-16-12-34-76-49)64(98)77-41(3)62(96)78-54(30-32-59(94)95)68(102)87-61(42(4)89)72(106)85-56(38-44-19-25-47(91)26-20-44)70(104)81-51(13-6-9-33-74)65(99)79-52(14-7-10-35-88)66(100)84-57(71(105)86-60)39-45-21-27-48(92)28-22-45/h17-28,40-42,49-57,60-61,76,88-92H,5-16,29-39,74H2,1-4H3,(H2,75,93)(H,77,98)(H,78,96)(H,79,99)(H,80,103)(H,81,104)(H,82,97)(H,83,101)(H,84,100)(H,85,106)(H,86,105)(H,87,102)(H,94,95). The molecular formula is C73H106N14O21. The molecule has 0 aromatic heterocycles. The van der Waals surface area contributed by atoms with Gasteiger partial charge in [-0.3, -0.25) is 62.3 Å². The lowest BCUT2D eigenvalue weighted by molar-refractivity contribution is -0.150. The molecule has 3 aromatic rings.